The largest absolute Gasteiger partial charge is 0.474 e. The van der Waals surface area contributed by atoms with Crippen LogP contribution in [-0.4, -0.2) is 48.0 Å². The minimum absolute atomic E-state index is 0.105. The Morgan fingerprint density at radius 3 is 2.55 bits per heavy atom. The number of nitrogens with one attached hydrogen (secondary N) is 2. The Morgan fingerprint density at radius 2 is 1.84 bits per heavy atom. The van der Waals surface area contributed by atoms with Crippen molar-refractivity contribution >= 4 is 28.2 Å². The van der Waals surface area contributed by atoms with Gasteiger partial charge in [-0.3, -0.25) is 0 Å². The maximum absolute atomic E-state index is 10.3. The quantitative estimate of drug-likeness (QED) is 0.762. The predicted octanol–water partition coefficient (Wildman–Crippen LogP) is 3.55. The Morgan fingerprint density at radius 1 is 1.10 bits per heavy atom. The minimum atomic E-state index is -0.231. The fraction of sp³-hybridized carbons (Fsp3) is 0.609. The number of fused-ring (bicyclic) bond motifs is 2. The van der Waals surface area contributed by atoms with Crippen LogP contribution in [0.2, 0.25) is 0 Å². The summed E-state index contributed by atoms with van der Waals surface area (Å²) in [6, 6.07) is 2.49. The van der Waals surface area contributed by atoms with Gasteiger partial charge < -0.3 is 25.0 Å². The zero-order valence-corrected chi connectivity index (χ0v) is 18.0. The van der Waals surface area contributed by atoms with E-state index in [0.29, 0.717) is 24.7 Å². The average Bonchev–Trinajstić information content (AvgIpc) is 3.22. The number of nitrogens with zero attached hydrogens (tertiary/aromatic N) is 4. The van der Waals surface area contributed by atoms with Gasteiger partial charge in [0.1, 0.15) is 40.9 Å². The molecule has 2 N–H and O–H groups in total. The summed E-state index contributed by atoms with van der Waals surface area (Å²) in [6.45, 7) is 4.92. The summed E-state index contributed by atoms with van der Waals surface area (Å²) in [5.74, 6) is 3.09. The van der Waals surface area contributed by atoms with Crippen molar-refractivity contribution in [3.63, 3.8) is 0 Å². The number of nitriles is 1. The van der Waals surface area contributed by atoms with Gasteiger partial charge in [-0.15, -0.1) is 0 Å². The van der Waals surface area contributed by atoms with Gasteiger partial charge in [-0.25, -0.2) is 4.98 Å². The molecule has 1 saturated carbocycles. The van der Waals surface area contributed by atoms with E-state index >= 15 is 0 Å². The second kappa shape index (κ2) is 7.13. The molecule has 2 aromatic heterocycles. The molecule has 1 atom stereocenters. The topological polar surface area (TPSA) is 95.3 Å². The molecule has 0 amide bonds. The van der Waals surface area contributed by atoms with E-state index in [1.165, 1.54) is 19.3 Å². The molecule has 2 aromatic rings. The number of morpholine rings is 1. The monoisotopic (exact) mass is 420 g/mol. The summed E-state index contributed by atoms with van der Waals surface area (Å²) < 4.78 is 11.8. The number of hydrogen-bond acceptors (Lipinski definition) is 8. The fourth-order valence-corrected chi connectivity index (χ4v) is 5.56. The molecule has 4 aliphatic rings. The van der Waals surface area contributed by atoms with Crippen molar-refractivity contribution in [3.05, 3.63) is 11.1 Å². The highest BCUT2D eigenvalue weighted by Gasteiger charge is 2.40. The van der Waals surface area contributed by atoms with Crippen molar-refractivity contribution < 1.29 is 9.47 Å². The molecule has 0 aromatic carbocycles. The number of rotatable bonds is 2. The number of aromatic nitrogens is 2. The molecule has 1 spiro atoms. The Kier molecular flexibility index (Phi) is 4.35. The Bertz CT molecular complexity index is 1080. The van der Waals surface area contributed by atoms with Crippen molar-refractivity contribution in [1.82, 2.24) is 9.97 Å². The van der Waals surface area contributed by atoms with Crippen LogP contribution in [0.15, 0.2) is 0 Å². The maximum atomic E-state index is 10.3. The standard InChI is InChI=1S/C23H28N6O2/c1-2-14-12-15-17-16(13-24)21(29-8-10-30-11-9-29)25-19-18(17)20(26-22(15)31-14)28-23(27-19)6-4-3-5-7-23/h14H,2-12H2,1H3,(H,25,27)(H,26,28)/t14-/m0/s1. The van der Waals surface area contributed by atoms with Gasteiger partial charge in [0.05, 0.1) is 18.6 Å². The molecule has 5 heterocycles. The van der Waals surface area contributed by atoms with E-state index in [1.54, 1.807) is 0 Å². The molecule has 8 heteroatoms. The SMILES string of the molecule is CC[C@H]1Cc2c(nc3c4c(nc(N5CCOCC5)c(C#N)c24)NC2(CCCCC2)N3)O1. The van der Waals surface area contributed by atoms with Crippen LogP contribution in [0.3, 0.4) is 0 Å². The van der Waals surface area contributed by atoms with E-state index < -0.39 is 0 Å². The van der Waals surface area contributed by atoms with E-state index in [9.17, 15) is 5.26 Å². The molecule has 1 saturated heterocycles. The molecule has 0 radical (unpaired) electrons. The fourth-order valence-electron chi connectivity index (χ4n) is 5.56. The lowest BCUT2D eigenvalue weighted by Gasteiger charge is -2.43. The van der Waals surface area contributed by atoms with Gasteiger partial charge in [-0.05, 0) is 32.1 Å². The molecular formula is C23H28N6O2. The van der Waals surface area contributed by atoms with Gasteiger partial charge in [0, 0.05) is 30.5 Å². The minimum Gasteiger partial charge on any atom is -0.474 e. The summed E-state index contributed by atoms with van der Waals surface area (Å²) in [5, 5.41) is 19.6. The second-order valence-corrected chi connectivity index (χ2v) is 9.11. The number of hydrogen-bond donors (Lipinski definition) is 2. The summed E-state index contributed by atoms with van der Waals surface area (Å²) >= 11 is 0. The maximum Gasteiger partial charge on any atom is 0.219 e. The van der Waals surface area contributed by atoms with Crippen LogP contribution in [0.5, 0.6) is 5.88 Å². The summed E-state index contributed by atoms with van der Waals surface area (Å²) in [4.78, 5) is 12.2. The normalized spacial score (nSPS) is 23.6. The molecule has 6 rings (SSSR count). The van der Waals surface area contributed by atoms with Gasteiger partial charge in [-0.2, -0.15) is 10.2 Å². The lowest BCUT2D eigenvalue weighted by Crippen LogP contribution is -2.50. The zero-order valence-electron chi connectivity index (χ0n) is 18.0. The number of pyridine rings is 2. The molecule has 0 bridgehead atoms. The molecular weight excluding hydrogens is 392 g/mol. The van der Waals surface area contributed by atoms with Gasteiger partial charge in [-0.1, -0.05) is 13.3 Å². The molecule has 31 heavy (non-hydrogen) atoms. The van der Waals surface area contributed by atoms with E-state index in [-0.39, 0.29) is 11.8 Å². The summed E-state index contributed by atoms with van der Waals surface area (Å²) in [7, 11) is 0. The number of ether oxygens (including phenoxy) is 2. The molecule has 2 fully saturated rings. The lowest BCUT2D eigenvalue weighted by molar-refractivity contribution is 0.122. The third-order valence-corrected chi connectivity index (χ3v) is 7.20. The van der Waals surface area contributed by atoms with Crippen molar-refractivity contribution in [3.8, 4) is 11.9 Å². The van der Waals surface area contributed by atoms with Crippen LogP contribution in [0.25, 0.3) is 10.8 Å². The lowest BCUT2D eigenvalue weighted by atomic mass is 9.86. The van der Waals surface area contributed by atoms with Crippen molar-refractivity contribution in [2.75, 3.05) is 41.8 Å². The third kappa shape index (κ3) is 2.90. The van der Waals surface area contributed by atoms with Gasteiger partial charge in [0.25, 0.3) is 0 Å². The molecule has 3 aliphatic heterocycles. The van der Waals surface area contributed by atoms with E-state index in [4.69, 9.17) is 19.4 Å². The third-order valence-electron chi connectivity index (χ3n) is 7.20. The van der Waals surface area contributed by atoms with Crippen LogP contribution in [-0.2, 0) is 11.2 Å². The first-order chi connectivity index (χ1) is 15.2. The highest BCUT2D eigenvalue weighted by molar-refractivity contribution is 6.09. The van der Waals surface area contributed by atoms with Crippen LogP contribution in [0.4, 0.5) is 17.5 Å². The molecule has 1 aliphatic carbocycles. The first-order valence-electron chi connectivity index (χ1n) is 11.6. The van der Waals surface area contributed by atoms with E-state index in [1.807, 2.05) is 0 Å². The van der Waals surface area contributed by atoms with Crippen molar-refractivity contribution in [2.24, 2.45) is 0 Å². The van der Waals surface area contributed by atoms with Crippen molar-refractivity contribution in [1.29, 1.82) is 5.26 Å². The first kappa shape index (κ1) is 18.9. The smallest absolute Gasteiger partial charge is 0.219 e. The zero-order chi connectivity index (χ0) is 21.0. The average molecular weight is 421 g/mol. The summed E-state index contributed by atoms with van der Waals surface area (Å²) in [6.07, 6.45) is 7.45. The summed E-state index contributed by atoms with van der Waals surface area (Å²) in [5.41, 5.74) is 1.44. The highest BCUT2D eigenvalue weighted by Crippen LogP contribution is 2.48. The number of anilines is 3. The molecule has 0 unspecified atom stereocenters. The van der Waals surface area contributed by atoms with Crippen molar-refractivity contribution in [2.45, 2.75) is 63.6 Å². The van der Waals surface area contributed by atoms with Crippen LogP contribution in [0.1, 0.15) is 56.6 Å². The first-order valence-corrected chi connectivity index (χ1v) is 11.6. The Labute approximate surface area is 181 Å². The Balaban J connectivity index is 1.60. The van der Waals surface area contributed by atoms with Crippen LogP contribution >= 0.6 is 0 Å². The van der Waals surface area contributed by atoms with Crippen LogP contribution < -0.4 is 20.3 Å². The Hall–Kier alpha value is -2.79. The van der Waals surface area contributed by atoms with E-state index in [0.717, 1.165) is 72.6 Å². The van der Waals surface area contributed by atoms with Gasteiger partial charge >= 0.3 is 0 Å². The molecule has 162 valence electrons. The van der Waals surface area contributed by atoms with Crippen LogP contribution in [0, 0.1) is 11.3 Å². The van der Waals surface area contributed by atoms with Gasteiger partial charge in [0.2, 0.25) is 5.88 Å². The highest BCUT2D eigenvalue weighted by atomic mass is 16.5. The predicted molar refractivity (Wildman–Crippen MR) is 119 cm³/mol. The molecule has 8 nitrogen and oxygen atoms in total. The van der Waals surface area contributed by atoms with Gasteiger partial charge in [0.15, 0.2) is 0 Å². The second-order valence-electron chi connectivity index (χ2n) is 9.11. The van der Waals surface area contributed by atoms with E-state index in [2.05, 4.69) is 28.5 Å².